The monoisotopic (exact) mass is 508 g/mol. The minimum Gasteiger partial charge on any atom is -0.340 e. The first kappa shape index (κ1) is 23.8. The van der Waals surface area contributed by atoms with Crippen molar-refractivity contribution >= 4 is 47.0 Å². The van der Waals surface area contributed by atoms with Gasteiger partial charge in [-0.15, -0.1) is 0 Å². The van der Waals surface area contributed by atoms with Gasteiger partial charge >= 0.3 is 12.2 Å². The molecule has 2 N–H and O–H groups in total. The third-order valence-electron chi connectivity index (χ3n) is 5.07. The summed E-state index contributed by atoms with van der Waals surface area (Å²) in [5, 5.41) is 7.72. The van der Waals surface area contributed by atoms with E-state index in [0.29, 0.717) is 45.6 Å². The minimum atomic E-state index is -4.46. The lowest BCUT2D eigenvalue weighted by molar-refractivity contribution is -0.137. The number of nitrogens with zero attached hydrogens (tertiary/aromatic N) is 4. The number of hydrogen-bond acceptors (Lipinski definition) is 5. The molecule has 0 radical (unpaired) electrons. The van der Waals surface area contributed by atoms with E-state index in [1.807, 2.05) is 0 Å². The summed E-state index contributed by atoms with van der Waals surface area (Å²) in [4.78, 5) is 22.5. The molecule has 3 aromatic rings. The summed E-state index contributed by atoms with van der Waals surface area (Å²) < 4.78 is 39.1. The molecule has 7 nitrogen and oxygen atoms in total. The molecular weight excluding hydrogens is 492 g/mol. The molecule has 0 aliphatic carbocycles. The standard InChI is InChI=1S/C22H17Cl2F3N6O/c23-15-5-4-13(18(24)9-15)10-30-32-21(34)33-7-6-19-17(11-33)20(29-12-28-19)31-16-3-1-2-14(8-16)22(25,26)27/h1-5,8-10,12H,6-7,11H2,(H,32,34)(H,28,29,31)/b30-10+. The van der Waals surface area contributed by atoms with Crippen molar-refractivity contribution in [3.63, 3.8) is 0 Å². The Morgan fingerprint density at radius 1 is 1.15 bits per heavy atom. The zero-order chi connectivity index (χ0) is 24.3. The van der Waals surface area contributed by atoms with E-state index in [1.165, 1.54) is 29.6 Å². The van der Waals surface area contributed by atoms with Gasteiger partial charge in [-0.2, -0.15) is 18.3 Å². The molecule has 0 atom stereocenters. The molecule has 0 saturated carbocycles. The molecule has 12 heteroatoms. The number of carbonyl (C=O) groups excluding carboxylic acids is 1. The average molecular weight is 509 g/mol. The second kappa shape index (κ2) is 9.86. The van der Waals surface area contributed by atoms with Crippen molar-refractivity contribution in [3.05, 3.63) is 81.2 Å². The van der Waals surface area contributed by atoms with E-state index in [2.05, 4.69) is 25.8 Å². The second-order valence-corrected chi connectivity index (χ2v) is 8.21. The zero-order valence-electron chi connectivity index (χ0n) is 17.4. The Hall–Kier alpha value is -3.37. The Bertz CT molecular complexity index is 1250. The number of urea groups is 1. The number of amides is 2. The van der Waals surface area contributed by atoms with Crippen LogP contribution in [0.25, 0.3) is 0 Å². The highest BCUT2D eigenvalue weighted by molar-refractivity contribution is 6.36. The average Bonchev–Trinajstić information content (AvgIpc) is 2.80. The second-order valence-electron chi connectivity index (χ2n) is 7.36. The zero-order valence-corrected chi connectivity index (χ0v) is 18.9. The van der Waals surface area contributed by atoms with Crippen LogP contribution in [0.3, 0.4) is 0 Å². The van der Waals surface area contributed by atoms with E-state index in [-0.39, 0.29) is 12.2 Å². The predicted molar refractivity (Wildman–Crippen MR) is 123 cm³/mol. The van der Waals surface area contributed by atoms with Crippen molar-refractivity contribution in [1.82, 2.24) is 20.3 Å². The van der Waals surface area contributed by atoms with Crippen molar-refractivity contribution in [3.8, 4) is 0 Å². The first-order valence-electron chi connectivity index (χ1n) is 10.0. The Labute approximate surface area is 202 Å². The molecule has 0 spiro atoms. The van der Waals surface area contributed by atoms with Crippen LogP contribution >= 0.6 is 23.2 Å². The van der Waals surface area contributed by atoms with Crippen molar-refractivity contribution < 1.29 is 18.0 Å². The highest BCUT2D eigenvalue weighted by atomic mass is 35.5. The predicted octanol–water partition coefficient (Wildman–Crippen LogP) is 5.65. The molecule has 2 amide bonds. The van der Waals surface area contributed by atoms with Gasteiger partial charge in [0.25, 0.3) is 0 Å². The third-order valence-corrected chi connectivity index (χ3v) is 5.63. The van der Waals surface area contributed by atoms with E-state index < -0.39 is 17.8 Å². The number of nitrogens with one attached hydrogen (secondary N) is 2. The van der Waals surface area contributed by atoms with Crippen molar-refractivity contribution in [2.45, 2.75) is 19.1 Å². The fourth-order valence-corrected chi connectivity index (χ4v) is 3.82. The van der Waals surface area contributed by atoms with Gasteiger partial charge in [0.05, 0.1) is 29.0 Å². The molecule has 0 unspecified atom stereocenters. The SMILES string of the molecule is O=C(N/N=C/c1ccc(Cl)cc1Cl)N1CCc2ncnc(Nc3cccc(C(F)(F)F)c3)c2C1. The number of fused-ring (bicyclic) bond motifs is 1. The summed E-state index contributed by atoms with van der Waals surface area (Å²) in [6, 6.07) is 9.23. The van der Waals surface area contributed by atoms with Crippen LogP contribution in [0.2, 0.25) is 10.0 Å². The molecule has 0 saturated heterocycles. The number of aromatic nitrogens is 2. The van der Waals surface area contributed by atoms with Crippen LogP contribution in [0, 0.1) is 0 Å². The van der Waals surface area contributed by atoms with Crippen LogP contribution in [0.5, 0.6) is 0 Å². The Kier molecular flexibility index (Phi) is 6.90. The van der Waals surface area contributed by atoms with E-state index in [4.69, 9.17) is 23.2 Å². The number of anilines is 2. The van der Waals surface area contributed by atoms with Gasteiger partial charge in [0.2, 0.25) is 0 Å². The molecule has 1 aliphatic rings. The molecule has 176 valence electrons. The fraction of sp³-hybridized carbons (Fsp3) is 0.182. The molecule has 1 aromatic heterocycles. The van der Waals surface area contributed by atoms with Crippen LogP contribution in [0.1, 0.15) is 22.4 Å². The summed E-state index contributed by atoms with van der Waals surface area (Å²) in [6.07, 6.45) is -1.27. The van der Waals surface area contributed by atoms with Gasteiger partial charge in [-0.25, -0.2) is 20.2 Å². The van der Waals surface area contributed by atoms with Gasteiger partial charge in [0.1, 0.15) is 12.1 Å². The lowest BCUT2D eigenvalue weighted by Crippen LogP contribution is -2.41. The maximum absolute atomic E-state index is 13.0. The number of hydrazone groups is 1. The first-order valence-corrected chi connectivity index (χ1v) is 10.8. The van der Waals surface area contributed by atoms with Crippen LogP contribution in [-0.2, 0) is 19.1 Å². The molecule has 0 bridgehead atoms. The Balaban J connectivity index is 1.47. The Morgan fingerprint density at radius 3 is 2.74 bits per heavy atom. The minimum absolute atomic E-state index is 0.153. The smallest absolute Gasteiger partial charge is 0.340 e. The summed E-state index contributed by atoms with van der Waals surface area (Å²) in [6.45, 7) is 0.538. The highest BCUT2D eigenvalue weighted by Crippen LogP contribution is 2.32. The molecular formula is C22H17Cl2F3N6O. The maximum atomic E-state index is 13.0. The summed E-state index contributed by atoms with van der Waals surface area (Å²) >= 11 is 12.0. The lowest BCUT2D eigenvalue weighted by Gasteiger charge is -2.28. The van der Waals surface area contributed by atoms with Gasteiger partial charge in [-0.3, -0.25) is 0 Å². The molecule has 34 heavy (non-hydrogen) atoms. The third kappa shape index (κ3) is 5.57. The summed E-state index contributed by atoms with van der Waals surface area (Å²) in [5.74, 6) is 0.332. The first-order chi connectivity index (χ1) is 16.2. The van der Waals surface area contributed by atoms with Crippen LogP contribution in [0.4, 0.5) is 29.5 Å². The van der Waals surface area contributed by atoms with Crippen LogP contribution in [0.15, 0.2) is 53.9 Å². The van der Waals surface area contributed by atoms with E-state index in [9.17, 15) is 18.0 Å². The number of carbonyl (C=O) groups is 1. The van der Waals surface area contributed by atoms with Gasteiger partial charge < -0.3 is 10.2 Å². The lowest BCUT2D eigenvalue weighted by atomic mass is 10.1. The number of halogens is 5. The maximum Gasteiger partial charge on any atom is 0.416 e. The number of rotatable bonds is 4. The topological polar surface area (TPSA) is 82.5 Å². The van der Waals surface area contributed by atoms with E-state index in [1.54, 1.807) is 18.2 Å². The van der Waals surface area contributed by atoms with Gasteiger partial charge in [0.15, 0.2) is 0 Å². The summed E-state index contributed by atoms with van der Waals surface area (Å²) in [5.41, 5.74) is 3.80. The largest absolute Gasteiger partial charge is 0.416 e. The quantitative estimate of drug-likeness (QED) is 0.352. The molecule has 2 heterocycles. The molecule has 4 rings (SSSR count). The normalized spacial score (nSPS) is 13.6. The Morgan fingerprint density at radius 2 is 1.97 bits per heavy atom. The summed E-state index contributed by atoms with van der Waals surface area (Å²) in [7, 11) is 0. The van der Waals surface area contributed by atoms with Crippen molar-refractivity contribution in [1.29, 1.82) is 0 Å². The van der Waals surface area contributed by atoms with Crippen LogP contribution in [-0.4, -0.2) is 33.7 Å². The van der Waals surface area contributed by atoms with Gasteiger partial charge in [-0.05, 0) is 30.3 Å². The van der Waals surface area contributed by atoms with E-state index in [0.717, 1.165) is 12.1 Å². The number of hydrogen-bond donors (Lipinski definition) is 2. The van der Waals surface area contributed by atoms with Crippen molar-refractivity contribution in [2.75, 3.05) is 11.9 Å². The van der Waals surface area contributed by atoms with Crippen LogP contribution < -0.4 is 10.7 Å². The number of alkyl halides is 3. The van der Waals surface area contributed by atoms with E-state index >= 15 is 0 Å². The highest BCUT2D eigenvalue weighted by Gasteiger charge is 2.30. The molecule has 2 aromatic carbocycles. The fourth-order valence-electron chi connectivity index (χ4n) is 3.37. The molecule has 0 fully saturated rings. The van der Waals surface area contributed by atoms with Crippen molar-refractivity contribution in [2.24, 2.45) is 5.10 Å². The number of benzene rings is 2. The molecule has 1 aliphatic heterocycles. The van der Waals surface area contributed by atoms with Gasteiger partial charge in [0, 0.05) is 34.8 Å². The van der Waals surface area contributed by atoms with Gasteiger partial charge in [-0.1, -0.05) is 35.3 Å².